The number of carbonyl (C=O) groups is 2. The first-order valence-electron chi connectivity index (χ1n) is 10.4. The number of aromatic amines is 1. The van der Waals surface area contributed by atoms with Crippen molar-refractivity contribution in [1.82, 2.24) is 4.98 Å². The highest BCUT2D eigenvalue weighted by Crippen LogP contribution is 2.44. The number of nitrogens with zero attached hydrogens (tertiary/aromatic N) is 2. The maximum absolute atomic E-state index is 13.2. The number of rotatable bonds is 6. The number of aliphatic hydroxyl groups is 1. The number of aliphatic hydroxyl groups excluding tert-OH is 1. The van der Waals surface area contributed by atoms with Crippen molar-refractivity contribution in [2.75, 3.05) is 23.9 Å². The Morgan fingerprint density at radius 1 is 1.13 bits per heavy atom. The van der Waals surface area contributed by atoms with Crippen LogP contribution in [0.5, 0.6) is 0 Å². The predicted molar refractivity (Wildman–Crippen MR) is 123 cm³/mol. The van der Waals surface area contributed by atoms with Crippen LogP contribution in [0.3, 0.4) is 0 Å². The highest BCUT2D eigenvalue weighted by atomic mass is 16.3. The van der Waals surface area contributed by atoms with E-state index in [2.05, 4.69) is 4.98 Å². The van der Waals surface area contributed by atoms with E-state index in [-0.39, 0.29) is 23.7 Å². The van der Waals surface area contributed by atoms with E-state index in [1.54, 1.807) is 0 Å². The van der Waals surface area contributed by atoms with E-state index in [1.165, 1.54) is 4.90 Å². The Balaban J connectivity index is 1.88. The molecule has 0 radical (unpaired) electrons. The summed E-state index contributed by atoms with van der Waals surface area (Å²) in [7, 11) is 3.89. The van der Waals surface area contributed by atoms with Gasteiger partial charge in [-0.15, -0.1) is 0 Å². The summed E-state index contributed by atoms with van der Waals surface area (Å²) in [5.41, 5.74) is 3.49. The monoisotopic (exact) mass is 417 g/mol. The second-order valence-electron chi connectivity index (χ2n) is 8.56. The number of benzene rings is 2. The van der Waals surface area contributed by atoms with Crippen LogP contribution in [-0.2, 0) is 9.59 Å². The normalized spacial score (nSPS) is 16.6. The molecule has 3 aromatic rings. The second kappa shape index (κ2) is 7.95. The van der Waals surface area contributed by atoms with Crippen LogP contribution in [0.25, 0.3) is 10.9 Å². The summed E-state index contributed by atoms with van der Waals surface area (Å²) in [6.45, 7) is 3.90. The van der Waals surface area contributed by atoms with Gasteiger partial charge in [0.05, 0.1) is 11.6 Å². The fourth-order valence-electron chi connectivity index (χ4n) is 4.16. The third-order valence-electron chi connectivity index (χ3n) is 5.66. The van der Waals surface area contributed by atoms with Crippen molar-refractivity contribution < 1.29 is 14.7 Å². The first-order chi connectivity index (χ1) is 14.8. The van der Waals surface area contributed by atoms with Gasteiger partial charge in [0.15, 0.2) is 11.5 Å². The van der Waals surface area contributed by atoms with E-state index >= 15 is 0 Å². The minimum Gasteiger partial charge on any atom is -0.503 e. The number of H-pyrrole nitrogens is 1. The molecule has 6 nitrogen and oxygen atoms in total. The molecule has 1 aromatic heterocycles. The number of hydrogen-bond acceptors (Lipinski definition) is 4. The Hall–Kier alpha value is -3.54. The Labute approximate surface area is 181 Å². The number of hydrogen-bond donors (Lipinski definition) is 2. The summed E-state index contributed by atoms with van der Waals surface area (Å²) in [4.78, 5) is 33.1. The molecule has 31 heavy (non-hydrogen) atoms. The van der Waals surface area contributed by atoms with Crippen molar-refractivity contribution in [1.29, 1.82) is 0 Å². The molecule has 1 aliphatic heterocycles. The van der Waals surface area contributed by atoms with Crippen molar-refractivity contribution in [2.24, 2.45) is 5.92 Å². The number of aromatic nitrogens is 1. The van der Waals surface area contributed by atoms with Crippen molar-refractivity contribution in [3.8, 4) is 0 Å². The van der Waals surface area contributed by atoms with E-state index in [0.717, 1.165) is 22.2 Å². The number of para-hydroxylation sites is 1. The molecule has 0 aliphatic carbocycles. The molecular formula is C25H27N3O3. The molecule has 160 valence electrons. The van der Waals surface area contributed by atoms with Gasteiger partial charge >= 0.3 is 0 Å². The Bertz CT molecular complexity index is 1170. The molecule has 1 aliphatic rings. The first-order valence-corrected chi connectivity index (χ1v) is 10.4. The lowest BCUT2D eigenvalue weighted by Crippen LogP contribution is -2.31. The molecule has 1 unspecified atom stereocenters. The SMILES string of the molecule is CC(C)CC(=O)C1=C(O)C(=O)N(c2ccc(N(C)C)cc2)C1c1c[nH]c2ccccc12. The summed E-state index contributed by atoms with van der Waals surface area (Å²) < 4.78 is 0. The topological polar surface area (TPSA) is 76.6 Å². The maximum atomic E-state index is 13.2. The zero-order valence-electron chi connectivity index (χ0n) is 18.2. The Morgan fingerprint density at radius 2 is 1.81 bits per heavy atom. The molecule has 2 aromatic carbocycles. The molecule has 6 heteroatoms. The molecule has 0 fully saturated rings. The fraction of sp³-hybridized carbons (Fsp3) is 0.280. The molecule has 2 heterocycles. The average molecular weight is 418 g/mol. The molecular weight excluding hydrogens is 390 g/mol. The summed E-state index contributed by atoms with van der Waals surface area (Å²) in [5, 5.41) is 11.7. The molecule has 0 spiro atoms. The van der Waals surface area contributed by atoms with Crippen LogP contribution in [0.1, 0.15) is 31.9 Å². The van der Waals surface area contributed by atoms with Gasteiger partial charge in [-0.1, -0.05) is 32.0 Å². The molecule has 4 rings (SSSR count). The van der Waals surface area contributed by atoms with Gasteiger partial charge in [-0.05, 0) is 36.2 Å². The predicted octanol–water partition coefficient (Wildman–Crippen LogP) is 4.75. The molecule has 0 saturated heterocycles. The van der Waals surface area contributed by atoms with Crippen LogP contribution < -0.4 is 9.80 Å². The number of Topliss-reactive ketones (excluding diaryl/α,β-unsaturated/α-hetero) is 1. The van der Waals surface area contributed by atoms with Crippen LogP contribution >= 0.6 is 0 Å². The van der Waals surface area contributed by atoms with Gasteiger partial charge in [0.25, 0.3) is 5.91 Å². The molecule has 1 atom stereocenters. The summed E-state index contributed by atoms with van der Waals surface area (Å²) in [6.07, 6.45) is 2.09. The van der Waals surface area contributed by atoms with E-state index in [9.17, 15) is 14.7 Å². The van der Waals surface area contributed by atoms with Gasteiger partial charge < -0.3 is 15.0 Å². The van der Waals surface area contributed by atoms with E-state index < -0.39 is 17.7 Å². The number of carbonyl (C=O) groups excluding carboxylic acids is 2. The van der Waals surface area contributed by atoms with Crippen LogP contribution in [0.2, 0.25) is 0 Å². The lowest BCUT2D eigenvalue weighted by Gasteiger charge is -2.27. The highest BCUT2D eigenvalue weighted by Gasteiger charge is 2.45. The number of nitrogens with one attached hydrogen (secondary N) is 1. The van der Waals surface area contributed by atoms with Crippen LogP contribution in [0, 0.1) is 5.92 Å². The largest absolute Gasteiger partial charge is 0.503 e. The van der Waals surface area contributed by atoms with E-state index in [4.69, 9.17) is 0 Å². The average Bonchev–Trinajstić information content (AvgIpc) is 3.26. The van der Waals surface area contributed by atoms with Crippen molar-refractivity contribution in [3.63, 3.8) is 0 Å². The second-order valence-corrected chi connectivity index (χ2v) is 8.56. The lowest BCUT2D eigenvalue weighted by atomic mass is 9.92. The molecule has 0 saturated carbocycles. The standard InChI is InChI=1S/C25H27N3O3/c1-15(2)13-21(29)22-23(19-14-26-20-8-6-5-7-18(19)20)28(25(31)24(22)30)17-11-9-16(10-12-17)27(3)4/h5-12,14-15,23,26,30H,13H2,1-4H3. The Morgan fingerprint density at radius 3 is 2.45 bits per heavy atom. The van der Waals surface area contributed by atoms with Crippen molar-refractivity contribution >= 4 is 34.0 Å². The van der Waals surface area contributed by atoms with Crippen molar-refractivity contribution in [3.05, 3.63) is 71.6 Å². The van der Waals surface area contributed by atoms with Crippen LogP contribution in [0.15, 0.2) is 66.1 Å². The maximum Gasteiger partial charge on any atom is 0.294 e. The molecule has 0 bridgehead atoms. The fourth-order valence-corrected chi connectivity index (χ4v) is 4.16. The summed E-state index contributed by atoms with van der Waals surface area (Å²) in [6, 6.07) is 14.6. The first kappa shape index (κ1) is 20.7. The zero-order valence-corrected chi connectivity index (χ0v) is 18.2. The van der Waals surface area contributed by atoms with Gasteiger partial charge in [-0.2, -0.15) is 0 Å². The summed E-state index contributed by atoms with van der Waals surface area (Å²) in [5.74, 6) is -1.11. The number of amides is 1. The third kappa shape index (κ3) is 3.58. The van der Waals surface area contributed by atoms with Gasteiger partial charge in [0, 0.05) is 54.6 Å². The number of ketones is 1. The lowest BCUT2D eigenvalue weighted by molar-refractivity contribution is -0.118. The number of fused-ring (bicyclic) bond motifs is 1. The van der Waals surface area contributed by atoms with Gasteiger partial charge in [0.1, 0.15) is 0 Å². The van der Waals surface area contributed by atoms with Gasteiger partial charge in [-0.25, -0.2) is 0 Å². The van der Waals surface area contributed by atoms with Crippen molar-refractivity contribution in [2.45, 2.75) is 26.3 Å². The van der Waals surface area contributed by atoms with Crippen LogP contribution in [-0.4, -0.2) is 35.9 Å². The molecule has 1 amide bonds. The summed E-state index contributed by atoms with van der Waals surface area (Å²) >= 11 is 0. The minimum absolute atomic E-state index is 0.111. The zero-order chi connectivity index (χ0) is 22.3. The van der Waals surface area contributed by atoms with Crippen LogP contribution in [0.4, 0.5) is 11.4 Å². The number of anilines is 2. The van der Waals surface area contributed by atoms with Gasteiger partial charge in [-0.3, -0.25) is 14.5 Å². The quantitative estimate of drug-likeness (QED) is 0.607. The molecule has 2 N–H and O–H groups in total. The van der Waals surface area contributed by atoms with Gasteiger partial charge in [0.2, 0.25) is 0 Å². The Kier molecular flexibility index (Phi) is 5.31. The smallest absolute Gasteiger partial charge is 0.294 e. The minimum atomic E-state index is -0.694. The van der Waals surface area contributed by atoms with E-state index in [0.29, 0.717) is 5.69 Å². The van der Waals surface area contributed by atoms with E-state index in [1.807, 2.05) is 87.6 Å². The highest BCUT2D eigenvalue weighted by molar-refractivity contribution is 6.17. The third-order valence-corrected chi connectivity index (χ3v) is 5.66.